The lowest BCUT2D eigenvalue weighted by Crippen LogP contribution is -2.17. The topological polar surface area (TPSA) is 92.8 Å². The first-order chi connectivity index (χ1) is 18.4. The van der Waals surface area contributed by atoms with Gasteiger partial charge in [0.1, 0.15) is 5.65 Å². The molecule has 0 saturated carbocycles. The van der Waals surface area contributed by atoms with E-state index in [1.807, 2.05) is 60.7 Å². The van der Waals surface area contributed by atoms with Gasteiger partial charge in [0.25, 0.3) is 5.56 Å². The van der Waals surface area contributed by atoms with Gasteiger partial charge in [0.2, 0.25) is 0 Å². The molecule has 8 heteroatoms. The van der Waals surface area contributed by atoms with Crippen LogP contribution in [0.3, 0.4) is 0 Å². The van der Waals surface area contributed by atoms with Gasteiger partial charge in [-0.1, -0.05) is 66.2 Å². The number of benzene rings is 3. The minimum Gasteiger partial charge on any atom is -0.306 e. The molecule has 0 aliphatic heterocycles. The number of hydrogen-bond donors (Lipinski definition) is 1. The van der Waals surface area contributed by atoms with Gasteiger partial charge in [-0.05, 0) is 48.0 Å². The third kappa shape index (κ3) is 4.47. The van der Waals surface area contributed by atoms with Gasteiger partial charge in [-0.25, -0.2) is 13.4 Å². The van der Waals surface area contributed by atoms with Crippen LogP contribution in [0.15, 0.2) is 113 Å². The van der Waals surface area contributed by atoms with Crippen LogP contribution in [0.5, 0.6) is 0 Å². The highest BCUT2D eigenvalue weighted by Gasteiger charge is 2.19. The Balaban J connectivity index is 1.56. The Morgan fingerprint density at radius 3 is 2.29 bits per heavy atom. The van der Waals surface area contributed by atoms with Gasteiger partial charge in [-0.3, -0.25) is 9.78 Å². The number of fused-ring (bicyclic) bond motifs is 2. The largest absolute Gasteiger partial charge is 0.306 e. The summed E-state index contributed by atoms with van der Waals surface area (Å²) in [5, 5.41) is 2.00. The summed E-state index contributed by atoms with van der Waals surface area (Å²) in [6, 6.07) is 28.9. The summed E-state index contributed by atoms with van der Waals surface area (Å²) in [6.45, 7) is 0. The predicted octanol–water partition coefficient (Wildman–Crippen LogP) is 6.43. The molecule has 0 amide bonds. The molecule has 0 bridgehead atoms. The first-order valence-corrected chi connectivity index (χ1v) is 13.9. The average molecular weight is 538 g/mol. The smallest absolute Gasteiger partial charge is 0.253 e. The predicted molar refractivity (Wildman–Crippen MR) is 151 cm³/mol. The average Bonchev–Trinajstić information content (AvgIpc) is 2.94. The minimum atomic E-state index is -3.71. The minimum absolute atomic E-state index is 0.141. The number of rotatable bonds is 5. The number of hydrogen-bond acceptors (Lipinski definition) is 5. The zero-order valence-corrected chi connectivity index (χ0v) is 21.5. The van der Waals surface area contributed by atoms with Crippen molar-refractivity contribution >= 4 is 43.4 Å². The molecule has 0 radical (unpaired) electrons. The lowest BCUT2D eigenvalue weighted by atomic mass is 9.96. The molecule has 6 aromatic rings. The molecule has 3 aromatic heterocycles. The summed E-state index contributed by atoms with van der Waals surface area (Å²) in [5.41, 5.74) is 3.87. The molecule has 0 saturated heterocycles. The van der Waals surface area contributed by atoms with Crippen LogP contribution in [-0.4, -0.2) is 23.4 Å². The number of aromatic amines is 1. The normalized spacial score (nSPS) is 11.7. The van der Waals surface area contributed by atoms with Gasteiger partial charge in [0, 0.05) is 33.7 Å². The molecule has 6 rings (SSSR count). The van der Waals surface area contributed by atoms with Crippen LogP contribution in [0.25, 0.3) is 44.3 Å². The molecule has 0 aliphatic carbocycles. The maximum Gasteiger partial charge on any atom is 0.253 e. The molecule has 1 N–H and O–H groups in total. The van der Waals surface area contributed by atoms with Crippen LogP contribution in [0.4, 0.5) is 0 Å². The molecular formula is C30H20ClN3O3S. The maximum absolute atomic E-state index is 13.0. The van der Waals surface area contributed by atoms with Crippen LogP contribution in [0.1, 0.15) is 5.56 Å². The van der Waals surface area contributed by atoms with Crippen LogP contribution in [0.2, 0.25) is 5.02 Å². The summed E-state index contributed by atoms with van der Waals surface area (Å²) < 4.78 is 26.0. The second kappa shape index (κ2) is 9.52. The quantitative estimate of drug-likeness (QED) is 0.273. The molecule has 0 aliphatic rings. The van der Waals surface area contributed by atoms with E-state index in [1.54, 1.807) is 30.5 Å². The summed E-state index contributed by atoms with van der Waals surface area (Å²) in [5.74, 6) is -0.425. The molecule has 3 aromatic carbocycles. The fraction of sp³-hybridized carbons (Fsp3) is 0.0333. The number of pyridine rings is 3. The van der Waals surface area contributed by atoms with Crippen LogP contribution in [0, 0.1) is 0 Å². The monoisotopic (exact) mass is 537 g/mol. The van der Waals surface area contributed by atoms with Crippen molar-refractivity contribution in [2.24, 2.45) is 0 Å². The van der Waals surface area contributed by atoms with Crippen molar-refractivity contribution in [2.45, 2.75) is 10.6 Å². The number of nitrogens with one attached hydrogen (secondary N) is 1. The lowest BCUT2D eigenvalue weighted by molar-refractivity contribution is 0.595. The molecule has 186 valence electrons. The van der Waals surface area contributed by atoms with Crippen molar-refractivity contribution in [3.05, 3.63) is 124 Å². The van der Waals surface area contributed by atoms with E-state index in [9.17, 15) is 13.2 Å². The molecule has 0 atom stereocenters. The van der Waals surface area contributed by atoms with E-state index in [-0.39, 0.29) is 10.5 Å². The highest BCUT2D eigenvalue weighted by molar-refractivity contribution is 7.90. The van der Waals surface area contributed by atoms with Crippen molar-refractivity contribution in [3.63, 3.8) is 0 Å². The SMILES string of the molecule is O=c1[nH]c2nc(-c3ccccc3)c(-c3cc(Cl)c4ncccc4c3)cc2cc1CS(=O)(=O)c1ccccc1. The zero-order chi connectivity index (χ0) is 26.3. The van der Waals surface area contributed by atoms with Gasteiger partial charge in [0.15, 0.2) is 9.84 Å². The number of aromatic nitrogens is 3. The molecule has 0 fully saturated rings. The highest BCUT2D eigenvalue weighted by Crippen LogP contribution is 2.36. The Hall–Kier alpha value is -4.33. The van der Waals surface area contributed by atoms with Crippen molar-refractivity contribution in [3.8, 4) is 22.4 Å². The number of halogens is 1. The van der Waals surface area contributed by atoms with E-state index in [0.717, 1.165) is 22.1 Å². The standard InChI is InChI=1S/C30H20ClN3O3S/c31-26-17-21(14-20-10-7-13-32-28(20)26)25-16-22-15-23(18-38(36,37)24-11-5-2-6-12-24)30(35)34-29(22)33-27(25)19-8-3-1-4-9-19/h1-17H,18H2,(H,33,34,35). The maximum atomic E-state index is 13.0. The van der Waals surface area contributed by atoms with Crippen molar-refractivity contribution in [1.82, 2.24) is 15.0 Å². The van der Waals surface area contributed by atoms with Crippen LogP contribution in [-0.2, 0) is 15.6 Å². The van der Waals surface area contributed by atoms with Gasteiger partial charge in [-0.2, -0.15) is 0 Å². The fourth-order valence-electron chi connectivity index (χ4n) is 4.54. The van der Waals surface area contributed by atoms with Crippen molar-refractivity contribution in [2.75, 3.05) is 0 Å². The lowest BCUT2D eigenvalue weighted by Gasteiger charge is -2.13. The zero-order valence-electron chi connectivity index (χ0n) is 19.9. The van der Waals surface area contributed by atoms with E-state index in [1.165, 1.54) is 12.1 Å². The fourth-order valence-corrected chi connectivity index (χ4v) is 6.18. The number of H-pyrrole nitrogens is 1. The number of nitrogens with zero attached hydrogens (tertiary/aromatic N) is 2. The van der Waals surface area contributed by atoms with Gasteiger partial charge in [0.05, 0.1) is 26.9 Å². The molecular weight excluding hydrogens is 518 g/mol. The van der Waals surface area contributed by atoms with Crippen LogP contribution >= 0.6 is 11.6 Å². The summed E-state index contributed by atoms with van der Waals surface area (Å²) in [4.78, 5) is 25.1. The second-order valence-electron chi connectivity index (χ2n) is 8.92. The van der Waals surface area contributed by atoms with E-state index in [2.05, 4.69) is 9.97 Å². The second-order valence-corrected chi connectivity index (χ2v) is 11.3. The third-order valence-electron chi connectivity index (χ3n) is 6.37. The van der Waals surface area contributed by atoms with E-state index in [0.29, 0.717) is 27.3 Å². The first kappa shape index (κ1) is 24.0. The third-order valence-corrected chi connectivity index (χ3v) is 8.34. The summed E-state index contributed by atoms with van der Waals surface area (Å²) >= 11 is 6.61. The Morgan fingerprint density at radius 2 is 1.53 bits per heavy atom. The Labute approximate surface area is 223 Å². The van der Waals surface area contributed by atoms with Gasteiger partial charge < -0.3 is 4.98 Å². The summed E-state index contributed by atoms with van der Waals surface area (Å²) in [6.07, 6.45) is 1.70. The van der Waals surface area contributed by atoms with Crippen LogP contribution < -0.4 is 5.56 Å². The molecule has 3 heterocycles. The van der Waals surface area contributed by atoms with E-state index >= 15 is 0 Å². The summed E-state index contributed by atoms with van der Waals surface area (Å²) in [7, 11) is -3.71. The number of sulfone groups is 1. The Kier molecular flexibility index (Phi) is 6.02. The van der Waals surface area contributed by atoms with Gasteiger partial charge >= 0.3 is 0 Å². The first-order valence-electron chi connectivity index (χ1n) is 11.8. The molecule has 38 heavy (non-hydrogen) atoms. The Morgan fingerprint density at radius 1 is 0.789 bits per heavy atom. The molecule has 6 nitrogen and oxygen atoms in total. The molecule has 0 unspecified atom stereocenters. The van der Waals surface area contributed by atoms with Gasteiger partial charge in [-0.15, -0.1) is 0 Å². The van der Waals surface area contributed by atoms with Crippen molar-refractivity contribution in [1.29, 1.82) is 0 Å². The van der Waals surface area contributed by atoms with E-state index < -0.39 is 21.1 Å². The van der Waals surface area contributed by atoms with Crippen molar-refractivity contribution < 1.29 is 8.42 Å². The molecule has 0 spiro atoms. The van der Waals surface area contributed by atoms with E-state index in [4.69, 9.17) is 16.6 Å². The Bertz CT molecular complexity index is 1990. The highest BCUT2D eigenvalue weighted by atomic mass is 35.5.